The van der Waals surface area contributed by atoms with E-state index < -0.39 is 0 Å². The van der Waals surface area contributed by atoms with Crippen molar-refractivity contribution >= 4 is 28.7 Å². The molecule has 0 spiro atoms. The van der Waals surface area contributed by atoms with Crippen LogP contribution in [0.3, 0.4) is 0 Å². The summed E-state index contributed by atoms with van der Waals surface area (Å²) in [6, 6.07) is 3.50. The number of hydrogen-bond acceptors (Lipinski definition) is 3. The molecule has 2 nitrogen and oxygen atoms in total. The molecule has 1 aliphatic carbocycles. The van der Waals surface area contributed by atoms with Crippen molar-refractivity contribution in [2.75, 3.05) is 6.61 Å². The Hall–Kier alpha value is -0.380. The quantitative estimate of drug-likeness (QED) is 0.742. The van der Waals surface area contributed by atoms with Crippen LogP contribution in [-0.4, -0.2) is 18.5 Å². The van der Waals surface area contributed by atoms with E-state index in [1.165, 1.54) is 24.2 Å². The average molecular weight is 245 g/mol. The largest absolute Gasteiger partial charge is 0.370 e. The van der Waals surface area contributed by atoms with Gasteiger partial charge in [-0.15, -0.1) is 11.3 Å². The summed E-state index contributed by atoms with van der Waals surface area (Å²) < 4.78 is 6.15. The van der Waals surface area contributed by atoms with Gasteiger partial charge in [0.05, 0.1) is 15.8 Å². The molecule has 1 saturated carbocycles. The van der Waals surface area contributed by atoms with E-state index in [0.29, 0.717) is 21.7 Å². The number of thiophene rings is 1. The summed E-state index contributed by atoms with van der Waals surface area (Å²) in [6.07, 6.45) is 2.14. The van der Waals surface area contributed by atoms with Crippen LogP contribution in [0, 0.1) is 5.92 Å². The van der Waals surface area contributed by atoms with Gasteiger partial charge in [0.15, 0.2) is 0 Å². The van der Waals surface area contributed by atoms with E-state index >= 15 is 0 Å². The highest BCUT2D eigenvalue weighted by Gasteiger charge is 2.24. The molecule has 0 radical (unpaired) electrons. The second kappa shape index (κ2) is 4.64. The summed E-state index contributed by atoms with van der Waals surface area (Å²) in [6.45, 7) is 2.52. The minimum absolute atomic E-state index is 0.0348. The molecule has 0 bridgehead atoms. The Morgan fingerprint density at radius 3 is 2.93 bits per heavy atom. The van der Waals surface area contributed by atoms with Crippen molar-refractivity contribution in [2.24, 2.45) is 5.92 Å². The van der Waals surface area contributed by atoms with Crippen LogP contribution >= 0.6 is 22.9 Å². The predicted octanol–water partition coefficient (Wildman–Crippen LogP) is 3.40. The topological polar surface area (TPSA) is 26.3 Å². The zero-order chi connectivity index (χ0) is 10.8. The highest BCUT2D eigenvalue weighted by atomic mass is 35.5. The zero-order valence-corrected chi connectivity index (χ0v) is 10.1. The van der Waals surface area contributed by atoms with E-state index in [-0.39, 0.29) is 11.9 Å². The minimum atomic E-state index is -0.347. The molecule has 1 aromatic rings. The van der Waals surface area contributed by atoms with Gasteiger partial charge in [0.2, 0.25) is 5.78 Å². The fourth-order valence-electron chi connectivity index (χ4n) is 1.29. The summed E-state index contributed by atoms with van der Waals surface area (Å²) in [7, 11) is 0. The number of ether oxygens (including phenoxy) is 1. The van der Waals surface area contributed by atoms with E-state index in [1.54, 1.807) is 19.1 Å². The Labute approximate surface area is 98.2 Å². The Morgan fingerprint density at radius 2 is 2.40 bits per heavy atom. The van der Waals surface area contributed by atoms with Crippen molar-refractivity contribution < 1.29 is 9.53 Å². The molecule has 0 aliphatic heterocycles. The molecule has 15 heavy (non-hydrogen) atoms. The highest BCUT2D eigenvalue weighted by molar-refractivity contribution is 7.18. The molecule has 0 aromatic carbocycles. The molecule has 1 fully saturated rings. The fourth-order valence-corrected chi connectivity index (χ4v) is 2.35. The van der Waals surface area contributed by atoms with E-state index in [9.17, 15) is 4.79 Å². The molecular weight excluding hydrogens is 232 g/mol. The van der Waals surface area contributed by atoms with Crippen LogP contribution in [-0.2, 0) is 4.74 Å². The third-order valence-corrected chi connectivity index (χ3v) is 3.71. The molecule has 4 heteroatoms. The summed E-state index contributed by atoms with van der Waals surface area (Å²) in [4.78, 5) is 12.5. The van der Waals surface area contributed by atoms with Crippen LogP contribution < -0.4 is 0 Å². The maximum atomic E-state index is 11.8. The second-order valence-corrected chi connectivity index (χ2v) is 5.60. The van der Waals surface area contributed by atoms with Gasteiger partial charge in [0, 0.05) is 0 Å². The zero-order valence-electron chi connectivity index (χ0n) is 8.53. The second-order valence-electron chi connectivity index (χ2n) is 3.89. The molecule has 1 unspecified atom stereocenters. The number of halogens is 1. The number of rotatable bonds is 5. The maximum Gasteiger partial charge on any atom is 0.201 e. The SMILES string of the molecule is CC(OCC1CC1)C(=O)c1ccc(Cl)s1. The van der Waals surface area contributed by atoms with Crippen molar-refractivity contribution in [3.05, 3.63) is 21.3 Å². The molecule has 1 aliphatic rings. The van der Waals surface area contributed by atoms with Crippen LogP contribution in [0.4, 0.5) is 0 Å². The van der Waals surface area contributed by atoms with Crippen LogP contribution in [0.25, 0.3) is 0 Å². The van der Waals surface area contributed by atoms with Gasteiger partial charge in [-0.05, 0) is 37.8 Å². The number of carbonyl (C=O) groups excluding carboxylic acids is 1. The number of ketones is 1. The van der Waals surface area contributed by atoms with Gasteiger partial charge in [-0.25, -0.2) is 0 Å². The molecule has 1 heterocycles. The molecular formula is C11H13ClO2S. The summed E-state index contributed by atoms with van der Waals surface area (Å²) in [5, 5.41) is 0. The van der Waals surface area contributed by atoms with Crippen LogP contribution in [0.5, 0.6) is 0 Å². The van der Waals surface area contributed by atoms with Gasteiger partial charge in [-0.1, -0.05) is 11.6 Å². The number of carbonyl (C=O) groups is 1. The van der Waals surface area contributed by atoms with Gasteiger partial charge in [0.1, 0.15) is 6.10 Å². The molecule has 0 amide bonds. The fraction of sp³-hybridized carbons (Fsp3) is 0.545. The molecule has 1 atom stereocenters. The molecule has 0 N–H and O–H groups in total. The minimum Gasteiger partial charge on any atom is -0.370 e. The van der Waals surface area contributed by atoms with Gasteiger partial charge in [0.25, 0.3) is 0 Å². The maximum absolute atomic E-state index is 11.8. The van der Waals surface area contributed by atoms with Crippen molar-refractivity contribution in [1.29, 1.82) is 0 Å². The molecule has 2 rings (SSSR count). The van der Waals surface area contributed by atoms with Gasteiger partial charge >= 0.3 is 0 Å². The first-order valence-corrected chi connectivity index (χ1v) is 6.27. The monoisotopic (exact) mass is 244 g/mol. The summed E-state index contributed by atoms with van der Waals surface area (Å²) >= 11 is 7.08. The van der Waals surface area contributed by atoms with E-state index in [1.807, 2.05) is 0 Å². The smallest absolute Gasteiger partial charge is 0.201 e. The van der Waals surface area contributed by atoms with Gasteiger partial charge in [-0.3, -0.25) is 4.79 Å². The van der Waals surface area contributed by atoms with Gasteiger partial charge < -0.3 is 4.74 Å². The molecule has 82 valence electrons. The highest BCUT2D eigenvalue weighted by Crippen LogP contribution is 2.29. The first kappa shape index (κ1) is 11.1. The molecule has 0 saturated heterocycles. The van der Waals surface area contributed by atoms with E-state index in [0.717, 1.165) is 0 Å². The van der Waals surface area contributed by atoms with Crippen LogP contribution in [0.2, 0.25) is 4.34 Å². The lowest BCUT2D eigenvalue weighted by atomic mass is 10.2. The normalized spacial score (nSPS) is 17.7. The lowest BCUT2D eigenvalue weighted by Gasteiger charge is -2.09. The number of Topliss-reactive ketones (excluding diaryl/α,β-unsaturated/α-hetero) is 1. The lowest BCUT2D eigenvalue weighted by Crippen LogP contribution is -2.21. The Balaban J connectivity index is 1.88. The van der Waals surface area contributed by atoms with Crippen LogP contribution in [0.1, 0.15) is 29.4 Å². The standard InChI is InChI=1S/C11H13ClO2S/c1-7(14-6-8-2-3-8)11(13)9-4-5-10(12)15-9/h4-5,7-8H,2-3,6H2,1H3. The lowest BCUT2D eigenvalue weighted by molar-refractivity contribution is 0.0444. The van der Waals surface area contributed by atoms with Crippen LogP contribution in [0.15, 0.2) is 12.1 Å². The summed E-state index contributed by atoms with van der Waals surface area (Å²) in [5.41, 5.74) is 0. The first-order valence-electron chi connectivity index (χ1n) is 5.08. The predicted molar refractivity (Wildman–Crippen MR) is 61.8 cm³/mol. The summed E-state index contributed by atoms with van der Waals surface area (Å²) in [5.74, 6) is 0.722. The van der Waals surface area contributed by atoms with Crippen molar-refractivity contribution in [2.45, 2.75) is 25.9 Å². The van der Waals surface area contributed by atoms with E-state index in [4.69, 9.17) is 16.3 Å². The Kier molecular flexibility index (Phi) is 3.44. The van der Waals surface area contributed by atoms with Crippen molar-refractivity contribution in [1.82, 2.24) is 0 Å². The first-order chi connectivity index (χ1) is 7.16. The third kappa shape index (κ3) is 3.03. The average Bonchev–Trinajstić information content (AvgIpc) is 2.95. The van der Waals surface area contributed by atoms with Crippen molar-refractivity contribution in [3.63, 3.8) is 0 Å². The molecule has 1 aromatic heterocycles. The van der Waals surface area contributed by atoms with E-state index in [2.05, 4.69) is 0 Å². The van der Waals surface area contributed by atoms with Gasteiger partial charge in [-0.2, -0.15) is 0 Å². The Bertz CT molecular complexity index is 357. The van der Waals surface area contributed by atoms with Crippen molar-refractivity contribution in [3.8, 4) is 0 Å². The third-order valence-electron chi connectivity index (χ3n) is 2.46. The Morgan fingerprint density at radius 1 is 1.67 bits per heavy atom. The number of hydrogen-bond donors (Lipinski definition) is 0.